The van der Waals surface area contributed by atoms with Crippen LogP contribution in [-0.2, 0) is 24.2 Å². The number of hydrogen-bond donors (Lipinski definition) is 1. The first-order chi connectivity index (χ1) is 13.7. The van der Waals surface area contributed by atoms with Crippen LogP contribution in [0.4, 0.5) is 0 Å². The molecule has 2 rings (SSSR count). The molecule has 0 saturated carbocycles. The van der Waals surface area contributed by atoms with Gasteiger partial charge in [-0.25, -0.2) is 0 Å². The summed E-state index contributed by atoms with van der Waals surface area (Å²) in [5.74, 6) is 2.73. The first-order valence-electron chi connectivity index (χ1n) is 9.66. The molecule has 0 atom stereocenters. The highest BCUT2D eigenvalue weighted by molar-refractivity contribution is 5.79. The Morgan fingerprint density at radius 2 is 2.04 bits per heavy atom. The van der Waals surface area contributed by atoms with Gasteiger partial charge >= 0.3 is 0 Å². The number of aliphatic imine (C=N–C) groups is 1. The average Bonchev–Trinajstić information content (AvgIpc) is 3.17. The predicted octanol–water partition coefficient (Wildman–Crippen LogP) is 1.96. The largest absolute Gasteiger partial charge is 0.497 e. The zero-order chi connectivity index (χ0) is 20.2. The Labute approximate surface area is 167 Å². The van der Waals surface area contributed by atoms with E-state index in [-0.39, 0.29) is 0 Å². The van der Waals surface area contributed by atoms with Crippen molar-refractivity contribution < 1.29 is 9.47 Å². The van der Waals surface area contributed by atoms with Crippen LogP contribution >= 0.6 is 0 Å². The van der Waals surface area contributed by atoms with Crippen molar-refractivity contribution in [2.75, 3.05) is 41.0 Å². The minimum Gasteiger partial charge on any atom is -0.497 e. The highest BCUT2D eigenvalue weighted by Crippen LogP contribution is 2.12. The van der Waals surface area contributed by atoms with Crippen molar-refractivity contribution in [3.05, 3.63) is 42.0 Å². The third-order valence-corrected chi connectivity index (χ3v) is 4.36. The third-order valence-electron chi connectivity index (χ3n) is 4.36. The summed E-state index contributed by atoms with van der Waals surface area (Å²) in [5.41, 5.74) is 1.20. The van der Waals surface area contributed by atoms with Gasteiger partial charge in [-0.3, -0.25) is 4.99 Å². The quantitative estimate of drug-likeness (QED) is 0.360. The molecule has 0 aliphatic heterocycles. The van der Waals surface area contributed by atoms with Crippen molar-refractivity contribution in [3.8, 4) is 5.75 Å². The number of ether oxygens (including phenoxy) is 2. The van der Waals surface area contributed by atoms with Crippen LogP contribution in [0.15, 0.2) is 35.6 Å². The minimum atomic E-state index is 0.708. The molecular formula is C20H32N6O2. The van der Waals surface area contributed by atoms with Crippen molar-refractivity contribution in [1.29, 1.82) is 0 Å². The van der Waals surface area contributed by atoms with Gasteiger partial charge in [0.1, 0.15) is 17.9 Å². The molecule has 0 unspecified atom stereocenters. The molecule has 8 heteroatoms. The number of aromatic nitrogens is 3. The van der Waals surface area contributed by atoms with E-state index in [1.807, 2.05) is 19.2 Å². The second kappa shape index (κ2) is 12.0. The fourth-order valence-corrected chi connectivity index (χ4v) is 2.81. The topological polar surface area (TPSA) is 76.8 Å². The molecule has 0 aliphatic carbocycles. The zero-order valence-electron chi connectivity index (χ0n) is 17.4. The molecule has 154 valence electrons. The average molecular weight is 389 g/mol. The van der Waals surface area contributed by atoms with E-state index in [1.54, 1.807) is 20.5 Å². The SMILES string of the molecule is CCc1nncn1CCNC(=NCCCOC)N(C)Cc1ccc(OC)cc1. The molecule has 1 aromatic carbocycles. The number of nitrogens with zero attached hydrogens (tertiary/aromatic N) is 5. The summed E-state index contributed by atoms with van der Waals surface area (Å²) in [5, 5.41) is 11.6. The standard InChI is InChI=1S/C20H32N6O2/c1-5-19-24-23-16-26(19)13-12-22-20(21-11-6-14-27-3)25(2)15-17-7-9-18(28-4)10-8-17/h7-10,16H,5-6,11-15H2,1-4H3,(H,21,22). The Morgan fingerprint density at radius 3 is 2.71 bits per heavy atom. The van der Waals surface area contributed by atoms with Crippen LogP contribution in [-0.4, -0.2) is 66.6 Å². The first-order valence-corrected chi connectivity index (χ1v) is 9.66. The fourth-order valence-electron chi connectivity index (χ4n) is 2.81. The molecule has 0 radical (unpaired) electrons. The molecular weight excluding hydrogens is 356 g/mol. The van der Waals surface area contributed by atoms with Crippen molar-refractivity contribution >= 4 is 5.96 Å². The van der Waals surface area contributed by atoms with Crippen LogP contribution in [0.3, 0.4) is 0 Å². The predicted molar refractivity (Wildman–Crippen MR) is 111 cm³/mol. The molecule has 1 aromatic heterocycles. The van der Waals surface area contributed by atoms with Gasteiger partial charge < -0.3 is 24.3 Å². The number of guanidine groups is 1. The lowest BCUT2D eigenvalue weighted by Crippen LogP contribution is -2.40. The Kier molecular flexibility index (Phi) is 9.27. The number of nitrogens with one attached hydrogen (secondary N) is 1. The summed E-state index contributed by atoms with van der Waals surface area (Å²) < 4.78 is 12.4. The van der Waals surface area contributed by atoms with Gasteiger partial charge in [0, 0.05) is 53.4 Å². The van der Waals surface area contributed by atoms with Crippen LogP contribution in [0.5, 0.6) is 5.75 Å². The van der Waals surface area contributed by atoms with Crippen molar-refractivity contribution in [3.63, 3.8) is 0 Å². The van der Waals surface area contributed by atoms with E-state index >= 15 is 0 Å². The van der Waals surface area contributed by atoms with Gasteiger partial charge in [0.2, 0.25) is 0 Å². The minimum absolute atomic E-state index is 0.708. The summed E-state index contributed by atoms with van der Waals surface area (Å²) in [6.45, 7) is 5.81. The van der Waals surface area contributed by atoms with E-state index in [0.717, 1.165) is 56.6 Å². The van der Waals surface area contributed by atoms with E-state index in [0.29, 0.717) is 6.61 Å². The van der Waals surface area contributed by atoms with Crippen LogP contribution < -0.4 is 10.1 Å². The molecule has 0 spiro atoms. The molecule has 2 aromatic rings. The van der Waals surface area contributed by atoms with Gasteiger partial charge in [-0.05, 0) is 24.1 Å². The number of hydrogen-bond acceptors (Lipinski definition) is 5. The van der Waals surface area contributed by atoms with Crippen LogP contribution in [0, 0.1) is 0 Å². The number of aryl methyl sites for hydroxylation is 1. The monoisotopic (exact) mass is 388 g/mol. The van der Waals surface area contributed by atoms with Crippen LogP contribution in [0.1, 0.15) is 24.7 Å². The second-order valence-corrected chi connectivity index (χ2v) is 6.48. The smallest absolute Gasteiger partial charge is 0.194 e. The molecule has 0 bridgehead atoms. The van der Waals surface area contributed by atoms with E-state index in [4.69, 9.17) is 14.5 Å². The lowest BCUT2D eigenvalue weighted by Gasteiger charge is -2.23. The molecule has 8 nitrogen and oxygen atoms in total. The Hall–Kier alpha value is -2.61. The molecule has 0 aliphatic rings. The number of rotatable bonds is 11. The van der Waals surface area contributed by atoms with E-state index < -0.39 is 0 Å². The Morgan fingerprint density at radius 1 is 1.25 bits per heavy atom. The van der Waals surface area contributed by atoms with Gasteiger partial charge in [-0.15, -0.1) is 10.2 Å². The van der Waals surface area contributed by atoms with Crippen molar-refractivity contribution in [2.45, 2.75) is 32.9 Å². The molecule has 1 N–H and O–H groups in total. The highest BCUT2D eigenvalue weighted by Gasteiger charge is 2.08. The molecule has 0 saturated heterocycles. The van der Waals surface area contributed by atoms with Crippen molar-refractivity contribution in [1.82, 2.24) is 25.0 Å². The van der Waals surface area contributed by atoms with Gasteiger partial charge in [-0.1, -0.05) is 19.1 Å². The maximum Gasteiger partial charge on any atom is 0.194 e. The highest BCUT2D eigenvalue weighted by atomic mass is 16.5. The summed E-state index contributed by atoms with van der Waals surface area (Å²) in [4.78, 5) is 6.87. The van der Waals surface area contributed by atoms with Gasteiger partial charge in [0.25, 0.3) is 0 Å². The van der Waals surface area contributed by atoms with E-state index in [2.05, 4.69) is 44.0 Å². The lowest BCUT2D eigenvalue weighted by molar-refractivity contribution is 0.197. The first kappa shape index (κ1) is 21.7. The van der Waals surface area contributed by atoms with Gasteiger partial charge in [0.15, 0.2) is 5.96 Å². The third kappa shape index (κ3) is 6.84. The number of benzene rings is 1. The van der Waals surface area contributed by atoms with Crippen molar-refractivity contribution in [2.24, 2.45) is 4.99 Å². The van der Waals surface area contributed by atoms with Crippen LogP contribution in [0.2, 0.25) is 0 Å². The van der Waals surface area contributed by atoms with E-state index in [9.17, 15) is 0 Å². The molecule has 0 fully saturated rings. The zero-order valence-corrected chi connectivity index (χ0v) is 17.4. The lowest BCUT2D eigenvalue weighted by atomic mass is 10.2. The van der Waals surface area contributed by atoms with E-state index in [1.165, 1.54) is 5.56 Å². The summed E-state index contributed by atoms with van der Waals surface area (Å²) >= 11 is 0. The Bertz CT molecular complexity index is 714. The Balaban J connectivity index is 1.96. The fraction of sp³-hybridized carbons (Fsp3) is 0.550. The summed E-state index contributed by atoms with van der Waals surface area (Å²) in [7, 11) is 5.43. The normalized spacial score (nSPS) is 11.5. The number of methoxy groups -OCH3 is 2. The summed E-state index contributed by atoms with van der Waals surface area (Å²) in [6, 6.07) is 8.10. The summed E-state index contributed by atoms with van der Waals surface area (Å²) in [6.07, 6.45) is 3.54. The maximum absolute atomic E-state index is 5.23. The van der Waals surface area contributed by atoms with Gasteiger partial charge in [0.05, 0.1) is 7.11 Å². The van der Waals surface area contributed by atoms with Crippen LogP contribution in [0.25, 0.3) is 0 Å². The maximum atomic E-state index is 5.23. The molecule has 1 heterocycles. The second-order valence-electron chi connectivity index (χ2n) is 6.48. The van der Waals surface area contributed by atoms with Gasteiger partial charge in [-0.2, -0.15) is 0 Å². The molecule has 28 heavy (non-hydrogen) atoms. The molecule has 0 amide bonds.